The molecule has 0 bridgehead atoms. The van der Waals surface area contributed by atoms with Crippen LogP contribution in [0.2, 0.25) is 44.3 Å². The summed E-state index contributed by atoms with van der Waals surface area (Å²) in [5.74, 6) is 0. The van der Waals surface area contributed by atoms with Gasteiger partial charge in [0.05, 0.1) is 12.2 Å². The second-order valence-corrected chi connectivity index (χ2v) is 16.7. The van der Waals surface area contributed by atoms with Gasteiger partial charge >= 0.3 is 0 Å². The lowest BCUT2D eigenvalue weighted by Gasteiger charge is -2.36. The number of rotatable bonds is 7. The van der Waals surface area contributed by atoms with E-state index in [0.29, 0.717) is 0 Å². The van der Waals surface area contributed by atoms with Crippen molar-refractivity contribution in [2.75, 3.05) is 0 Å². The summed E-state index contributed by atoms with van der Waals surface area (Å²) < 4.78 is 12.8. The summed E-state index contributed by atoms with van der Waals surface area (Å²) in [6.07, 6.45) is 0.898. The third kappa shape index (κ3) is 6.65. The van der Waals surface area contributed by atoms with Crippen LogP contribution in [-0.2, 0) is 8.85 Å². The van der Waals surface area contributed by atoms with Crippen molar-refractivity contribution in [3.05, 3.63) is 34.9 Å². The van der Waals surface area contributed by atoms with E-state index in [1.807, 2.05) is 18.2 Å². The maximum absolute atomic E-state index is 6.46. The smallest absolute Gasteiger partial charge is 0.184 e. The quantitative estimate of drug-likeness (QED) is 0.576. The minimum absolute atomic E-state index is 0.0586. The molecule has 0 aromatic heterocycles. The van der Waals surface area contributed by atoms with E-state index in [4.69, 9.17) is 20.5 Å². The maximum Gasteiger partial charge on any atom is 0.184 e. The lowest BCUT2D eigenvalue weighted by molar-refractivity contribution is 0.0407. The van der Waals surface area contributed by atoms with Crippen LogP contribution >= 0.6 is 11.6 Å². The fraction of sp³-hybridized carbons (Fsp3) is 0.625. The molecule has 1 rings (SSSR count). The predicted molar refractivity (Wildman–Crippen MR) is 97.1 cm³/mol. The van der Waals surface area contributed by atoms with Crippen LogP contribution in [0.4, 0.5) is 0 Å². The largest absolute Gasteiger partial charge is 0.412 e. The van der Waals surface area contributed by atoms with Crippen molar-refractivity contribution in [2.45, 2.75) is 64.8 Å². The Morgan fingerprint density at radius 2 is 1.48 bits per heavy atom. The SMILES string of the molecule is CC[C@H](O[Si](C)(C)C)[C@@H](O[Si](C)(C)C)c1ccccc1Cl. The molecule has 0 saturated carbocycles. The lowest BCUT2D eigenvalue weighted by Crippen LogP contribution is -2.40. The number of hydrogen-bond acceptors (Lipinski definition) is 2. The number of benzene rings is 1. The molecule has 0 aliphatic rings. The molecular formula is C16H29ClO2Si2. The van der Waals surface area contributed by atoms with Gasteiger partial charge in [-0.05, 0) is 51.8 Å². The van der Waals surface area contributed by atoms with Crippen molar-refractivity contribution < 1.29 is 8.85 Å². The van der Waals surface area contributed by atoms with Gasteiger partial charge in [0.1, 0.15) is 0 Å². The van der Waals surface area contributed by atoms with Gasteiger partial charge in [0.2, 0.25) is 0 Å². The molecule has 0 unspecified atom stereocenters. The summed E-state index contributed by atoms with van der Waals surface area (Å²) in [4.78, 5) is 0. The highest BCUT2D eigenvalue weighted by atomic mass is 35.5. The van der Waals surface area contributed by atoms with Crippen LogP contribution in [0.5, 0.6) is 0 Å². The Labute approximate surface area is 137 Å². The maximum atomic E-state index is 6.46. The summed E-state index contributed by atoms with van der Waals surface area (Å²) in [5.41, 5.74) is 1.05. The molecule has 0 radical (unpaired) electrons. The average molecular weight is 345 g/mol. The minimum Gasteiger partial charge on any atom is -0.412 e. The fourth-order valence-electron chi connectivity index (χ4n) is 2.24. The number of hydrogen-bond donors (Lipinski definition) is 0. The van der Waals surface area contributed by atoms with Gasteiger partial charge in [0, 0.05) is 10.6 Å². The van der Waals surface area contributed by atoms with E-state index in [2.05, 4.69) is 52.3 Å². The van der Waals surface area contributed by atoms with Crippen molar-refractivity contribution in [1.29, 1.82) is 0 Å². The monoisotopic (exact) mass is 344 g/mol. The summed E-state index contributed by atoms with van der Waals surface area (Å²) in [6, 6.07) is 7.96. The highest BCUT2D eigenvalue weighted by Gasteiger charge is 2.33. The highest BCUT2D eigenvalue weighted by Crippen LogP contribution is 2.34. The van der Waals surface area contributed by atoms with E-state index < -0.39 is 16.6 Å². The Hall–Kier alpha value is -0.136. The van der Waals surface area contributed by atoms with Gasteiger partial charge in [-0.25, -0.2) is 0 Å². The van der Waals surface area contributed by atoms with Gasteiger partial charge in [-0.1, -0.05) is 36.7 Å². The predicted octanol–water partition coefficient (Wildman–Crippen LogP) is 5.86. The summed E-state index contributed by atoms with van der Waals surface area (Å²) in [6.45, 7) is 15.4. The molecule has 1 aromatic rings. The summed E-state index contributed by atoms with van der Waals surface area (Å²) >= 11 is 6.41. The van der Waals surface area contributed by atoms with Gasteiger partial charge in [-0.3, -0.25) is 0 Å². The second-order valence-electron chi connectivity index (χ2n) is 7.35. The molecule has 0 amide bonds. The minimum atomic E-state index is -1.70. The van der Waals surface area contributed by atoms with Gasteiger partial charge in [0.25, 0.3) is 0 Å². The van der Waals surface area contributed by atoms with E-state index in [9.17, 15) is 0 Å². The van der Waals surface area contributed by atoms with E-state index in [1.165, 1.54) is 0 Å². The first kappa shape index (κ1) is 18.9. The molecule has 0 aliphatic heterocycles. The molecule has 1 aromatic carbocycles. The van der Waals surface area contributed by atoms with E-state index >= 15 is 0 Å². The second kappa shape index (κ2) is 7.42. The van der Waals surface area contributed by atoms with Gasteiger partial charge in [-0.15, -0.1) is 0 Å². The van der Waals surface area contributed by atoms with E-state index in [1.54, 1.807) is 0 Å². The highest BCUT2D eigenvalue weighted by molar-refractivity contribution is 6.70. The third-order valence-corrected chi connectivity index (χ3v) is 5.25. The summed E-state index contributed by atoms with van der Waals surface area (Å²) in [7, 11) is -3.34. The molecule has 0 spiro atoms. The molecule has 5 heteroatoms. The van der Waals surface area contributed by atoms with Crippen molar-refractivity contribution in [2.24, 2.45) is 0 Å². The molecule has 2 atom stereocenters. The van der Waals surface area contributed by atoms with Crippen LogP contribution in [0.1, 0.15) is 25.0 Å². The Balaban J connectivity index is 3.15. The van der Waals surface area contributed by atoms with Crippen LogP contribution in [0.3, 0.4) is 0 Å². The first-order valence-electron chi connectivity index (χ1n) is 7.63. The Kier molecular flexibility index (Phi) is 6.68. The van der Waals surface area contributed by atoms with Gasteiger partial charge in [0.15, 0.2) is 16.6 Å². The van der Waals surface area contributed by atoms with Crippen LogP contribution in [0.15, 0.2) is 24.3 Å². The molecule has 120 valence electrons. The Bertz CT molecular complexity index is 452. The zero-order valence-corrected chi connectivity index (χ0v) is 17.1. The number of halogens is 1. The third-order valence-electron chi connectivity index (χ3n) is 2.94. The fourth-order valence-corrected chi connectivity index (χ4v) is 4.72. The zero-order chi connectivity index (χ0) is 16.3. The first-order valence-corrected chi connectivity index (χ1v) is 14.8. The van der Waals surface area contributed by atoms with Crippen LogP contribution in [0.25, 0.3) is 0 Å². The normalized spacial score (nSPS) is 15.8. The van der Waals surface area contributed by atoms with Crippen molar-refractivity contribution in [3.8, 4) is 0 Å². The van der Waals surface area contributed by atoms with Gasteiger partial charge in [-0.2, -0.15) is 0 Å². The molecule has 0 fully saturated rings. The molecule has 0 saturated heterocycles. The van der Waals surface area contributed by atoms with Crippen molar-refractivity contribution >= 4 is 28.2 Å². The first-order chi connectivity index (χ1) is 9.53. The van der Waals surface area contributed by atoms with Gasteiger partial charge < -0.3 is 8.85 Å². The Morgan fingerprint density at radius 3 is 1.90 bits per heavy atom. The van der Waals surface area contributed by atoms with E-state index in [0.717, 1.165) is 17.0 Å². The standard InChI is InChI=1S/C16H29ClO2Si2/c1-8-15(18-20(2,3)4)16(19-21(5,6)7)13-11-9-10-12-14(13)17/h9-12,15-16H,8H2,1-7H3/t15-,16-/m0/s1. The lowest BCUT2D eigenvalue weighted by atomic mass is 10.0. The average Bonchev–Trinajstić information content (AvgIpc) is 2.32. The van der Waals surface area contributed by atoms with Crippen LogP contribution in [-0.4, -0.2) is 22.7 Å². The molecule has 0 N–H and O–H groups in total. The molecule has 0 aliphatic carbocycles. The van der Waals surface area contributed by atoms with E-state index in [-0.39, 0.29) is 12.2 Å². The topological polar surface area (TPSA) is 18.5 Å². The molecule has 0 heterocycles. The van der Waals surface area contributed by atoms with Crippen LogP contribution < -0.4 is 0 Å². The van der Waals surface area contributed by atoms with Crippen molar-refractivity contribution in [3.63, 3.8) is 0 Å². The molecule has 21 heavy (non-hydrogen) atoms. The molecular weight excluding hydrogens is 316 g/mol. The van der Waals surface area contributed by atoms with Crippen molar-refractivity contribution in [1.82, 2.24) is 0 Å². The molecule has 2 nitrogen and oxygen atoms in total. The zero-order valence-electron chi connectivity index (χ0n) is 14.4. The summed E-state index contributed by atoms with van der Waals surface area (Å²) in [5, 5.41) is 0.762. The Morgan fingerprint density at radius 1 is 0.952 bits per heavy atom. The van der Waals surface area contributed by atoms with Crippen LogP contribution in [0, 0.1) is 0 Å².